The van der Waals surface area contributed by atoms with Crippen LogP contribution in [0.5, 0.6) is 0 Å². The second-order valence-corrected chi connectivity index (χ2v) is 7.33. The minimum Gasteiger partial charge on any atom is -0.469 e. The summed E-state index contributed by atoms with van der Waals surface area (Å²) in [4.78, 5) is 11.1. The van der Waals surface area contributed by atoms with E-state index in [-0.39, 0.29) is 12.2 Å². The number of sulfone groups is 1. The number of esters is 1. The van der Waals surface area contributed by atoms with Gasteiger partial charge in [0.2, 0.25) is 0 Å². The molecule has 2 atom stereocenters. The first-order valence-electron chi connectivity index (χ1n) is 6.57. The lowest BCUT2D eigenvalue weighted by molar-refractivity contribution is -0.140. The zero-order valence-electron chi connectivity index (χ0n) is 11.4. The van der Waals surface area contributed by atoms with Gasteiger partial charge in [-0.05, 0) is 24.0 Å². The van der Waals surface area contributed by atoms with E-state index in [1.807, 2.05) is 24.3 Å². The average Bonchev–Trinajstić information content (AvgIpc) is 2.45. The summed E-state index contributed by atoms with van der Waals surface area (Å²) in [5.41, 5.74) is 8.12. The lowest BCUT2D eigenvalue weighted by atomic mass is 9.88. The third-order valence-corrected chi connectivity index (χ3v) is 6.02. The lowest BCUT2D eigenvalue weighted by Gasteiger charge is -2.30. The summed E-state index contributed by atoms with van der Waals surface area (Å²) in [6.45, 7) is 0. The molecule has 1 aliphatic carbocycles. The van der Waals surface area contributed by atoms with E-state index in [4.69, 9.17) is 5.73 Å². The van der Waals surface area contributed by atoms with Gasteiger partial charge in [-0.2, -0.15) is 0 Å². The number of hydrogen-bond donors (Lipinski definition) is 1. The standard InChI is InChI=1S/C14H19NO4S/c1-19-13(16)8-9-20(17,18)12-7-6-10-4-2-3-5-11(10)14(12)15/h2-5,12,14H,6-9,15H2,1H3. The molecule has 1 aliphatic rings. The molecule has 2 unspecified atom stereocenters. The van der Waals surface area contributed by atoms with E-state index in [0.717, 1.165) is 11.1 Å². The summed E-state index contributed by atoms with van der Waals surface area (Å²) in [5, 5.41) is -0.623. The van der Waals surface area contributed by atoms with Crippen LogP contribution in [0.3, 0.4) is 0 Å². The van der Waals surface area contributed by atoms with Gasteiger partial charge in [0.05, 0.1) is 24.5 Å². The highest BCUT2D eigenvalue weighted by molar-refractivity contribution is 7.92. The number of methoxy groups -OCH3 is 1. The summed E-state index contributed by atoms with van der Waals surface area (Å²) in [6, 6.07) is 7.12. The Morgan fingerprint density at radius 3 is 2.80 bits per heavy atom. The molecule has 0 saturated carbocycles. The van der Waals surface area contributed by atoms with Crippen LogP contribution in [-0.2, 0) is 25.8 Å². The zero-order valence-corrected chi connectivity index (χ0v) is 12.2. The molecular weight excluding hydrogens is 278 g/mol. The number of carbonyl (C=O) groups excluding carboxylic acids is 1. The predicted molar refractivity (Wildman–Crippen MR) is 75.9 cm³/mol. The van der Waals surface area contributed by atoms with Gasteiger partial charge in [-0.25, -0.2) is 8.42 Å². The summed E-state index contributed by atoms with van der Waals surface area (Å²) in [6.07, 6.45) is 1.08. The first-order valence-corrected chi connectivity index (χ1v) is 8.29. The quantitative estimate of drug-likeness (QED) is 0.837. The highest BCUT2D eigenvalue weighted by Gasteiger charge is 2.36. The van der Waals surface area contributed by atoms with Gasteiger partial charge in [-0.15, -0.1) is 0 Å². The average molecular weight is 297 g/mol. The number of ether oxygens (including phenoxy) is 1. The molecular formula is C14H19NO4S. The Kier molecular flexibility index (Phi) is 4.45. The summed E-state index contributed by atoms with van der Waals surface area (Å²) in [5.74, 6) is -0.724. The summed E-state index contributed by atoms with van der Waals surface area (Å²) < 4.78 is 29.2. The molecule has 1 aromatic rings. The van der Waals surface area contributed by atoms with E-state index < -0.39 is 27.1 Å². The lowest BCUT2D eigenvalue weighted by Crippen LogP contribution is -2.39. The molecule has 5 nitrogen and oxygen atoms in total. The van der Waals surface area contributed by atoms with Crippen LogP contribution in [0.4, 0.5) is 0 Å². The number of hydrogen-bond acceptors (Lipinski definition) is 5. The fourth-order valence-corrected chi connectivity index (χ4v) is 4.47. The first-order chi connectivity index (χ1) is 9.45. The summed E-state index contributed by atoms with van der Waals surface area (Å²) in [7, 11) is -2.16. The fourth-order valence-electron chi connectivity index (χ4n) is 2.65. The van der Waals surface area contributed by atoms with Gasteiger partial charge in [-0.3, -0.25) is 4.79 Å². The third kappa shape index (κ3) is 3.02. The van der Waals surface area contributed by atoms with Crippen LogP contribution >= 0.6 is 0 Å². The van der Waals surface area contributed by atoms with Gasteiger partial charge in [0.25, 0.3) is 0 Å². The molecule has 2 N–H and O–H groups in total. The van der Waals surface area contributed by atoms with E-state index in [0.29, 0.717) is 12.8 Å². The number of benzene rings is 1. The Bertz CT molecular complexity index is 597. The van der Waals surface area contributed by atoms with Crippen molar-refractivity contribution >= 4 is 15.8 Å². The molecule has 1 aromatic carbocycles. The minimum atomic E-state index is -3.41. The molecule has 0 heterocycles. The van der Waals surface area contributed by atoms with Gasteiger partial charge in [-0.1, -0.05) is 24.3 Å². The molecule has 20 heavy (non-hydrogen) atoms. The third-order valence-electron chi connectivity index (χ3n) is 3.79. The number of aryl methyl sites for hydroxylation is 1. The van der Waals surface area contributed by atoms with Crippen molar-refractivity contribution < 1.29 is 17.9 Å². The largest absolute Gasteiger partial charge is 0.469 e. The molecule has 0 amide bonds. The van der Waals surface area contributed by atoms with E-state index >= 15 is 0 Å². The molecule has 0 bridgehead atoms. The number of carbonyl (C=O) groups is 1. The maximum absolute atomic E-state index is 12.3. The predicted octanol–water partition coefficient (Wildman–Crippen LogP) is 0.979. The molecule has 0 saturated heterocycles. The van der Waals surface area contributed by atoms with E-state index in [1.165, 1.54) is 7.11 Å². The van der Waals surface area contributed by atoms with Gasteiger partial charge >= 0.3 is 5.97 Å². The molecule has 0 radical (unpaired) electrons. The molecule has 110 valence electrons. The fraction of sp³-hybridized carbons (Fsp3) is 0.500. The van der Waals surface area contributed by atoms with Gasteiger partial charge in [0.1, 0.15) is 0 Å². The maximum Gasteiger partial charge on any atom is 0.306 e. The van der Waals surface area contributed by atoms with Gasteiger partial charge in [0.15, 0.2) is 9.84 Å². The summed E-state index contributed by atoms with van der Waals surface area (Å²) >= 11 is 0. The SMILES string of the molecule is COC(=O)CCS(=O)(=O)C1CCc2ccccc2C1N. The van der Waals surface area contributed by atoms with Crippen molar-refractivity contribution in [1.29, 1.82) is 0 Å². The number of nitrogens with two attached hydrogens (primary N) is 1. The maximum atomic E-state index is 12.3. The van der Waals surface area contributed by atoms with E-state index in [9.17, 15) is 13.2 Å². The van der Waals surface area contributed by atoms with Crippen molar-refractivity contribution in [2.24, 2.45) is 5.73 Å². The molecule has 0 aliphatic heterocycles. The van der Waals surface area contributed by atoms with Crippen molar-refractivity contribution in [2.45, 2.75) is 30.6 Å². The van der Waals surface area contributed by atoms with Crippen molar-refractivity contribution in [3.63, 3.8) is 0 Å². The molecule has 0 spiro atoms. The van der Waals surface area contributed by atoms with Crippen molar-refractivity contribution in [2.75, 3.05) is 12.9 Å². The van der Waals surface area contributed by atoms with Crippen LogP contribution in [0, 0.1) is 0 Å². The second kappa shape index (κ2) is 5.93. The number of rotatable bonds is 4. The van der Waals surface area contributed by atoms with Gasteiger partial charge < -0.3 is 10.5 Å². The number of fused-ring (bicyclic) bond motifs is 1. The Morgan fingerprint density at radius 2 is 2.10 bits per heavy atom. The Hall–Kier alpha value is -1.40. The van der Waals surface area contributed by atoms with Crippen LogP contribution in [-0.4, -0.2) is 32.5 Å². The zero-order chi connectivity index (χ0) is 14.8. The van der Waals surface area contributed by atoms with Crippen molar-refractivity contribution in [1.82, 2.24) is 0 Å². The Morgan fingerprint density at radius 1 is 1.40 bits per heavy atom. The Labute approximate surface area is 119 Å². The molecule has 6 heteroatoms. The molecule has 2 rings (SSSR count). The highest BCUT2D eigenvalue weighted by atomic mass is 32.2. The normalized spacial score (nSPS) is 22.1. The van der Waals surface area contributed by atoms with Crippen molar-refractivity contribution in [3.8, 4) is 0 Å². The smallest absolute Gasteiger partial charge is 0.306 e. The minimum absolute atomic E-state index is 0.121. The monoisotopic (exact) mass is 297 g/mol. The van der Waals surface area contributed by atoms with Crippen molar-refractivity contribution in [3.05, 3.63) is 35.4 Å². The van der Waals surface area contributed by atoms with Crippen LogP contribution in [0.15, 0.2) is 24.3 Å². The van der Waals surface area contributed by atoms with Crippen LogP contribution in [0.1, 0.15) is 30.0 Å². The Balaban J connectivity index is 2.16. The van der Waals surface area contributed by atoms with Gasteiger partial charge in [0, 0.05) is 6.04 Å². The van der Waals surface area contributed by atoms with E-state index in [1.54, 1.807) is 0 Å². The van der Waals surface area contributed by atoms with Crippen LogP contribution < -0.4 is 5.73 Å². The first kappa shape index (κ1) is 15.0. The van der Waals surface area contributed by atoms with E-state index in [2.05, 4.69) is 4.74 Å². The second-order valence-electron chi connectivity index (χ2n) is 4.99. The molecule has 0 aromatic heterocycles. The molecule has 0 fully saturated rings. The van der Waals surface area contributed by atoms with Crippen LogP contribution in [0.2, 0.25) is 0 Å². The highest BCUT2D eigenvalue weighted by Crippen LogP contribution is 2.32. The van der Waals surface area contributed by atoms with Crippen LogP contribution in [0.25, 0.3) is 0 Å². The topological polar surface area (TPSA) is 86.5 Å².